The van der Waals surface area contributed by atoms with Crippen LogP contribution in [0.5, 0.6) is 0 Å². The van der Waals surface area contributed by atoms with Crippen LogP contribution in [-0.2, 0) is 11.3 Å². The predicted molar refractivity (Wildman–Crippen MR) is 82.5 cm³/mol. The number of nitrogens with zero attached hydrogens (tertiary/aromatic N) is 2. The summed E-state index contributed by atoms with van der Waals surface area (Å²) in [5.74, 6) is -0.0528. The quantitative estimate of drug-likeness (QED) is 0.824. The SMILES string of the molecule is Cc1ccnn1CCC(=O)Nc1ccc(C(N)=S)cc1. The molecule has 0 fully saturated rings. The second kappa shape index (κ2) is 6.29. The van der Waals surface area contributed by atoms with Crippen LogP contribution < -0.4 is 11.1 Å². The fraction of sp³-hybridized carbons (Fsp3) is 0.214. The van der Waals surface area contributed by atoms with E-state index in [2.05, 4.69) is 10.4 Å². The lowest BCUT2D eigenvalue weighted by atomic mass is 10.2. The summed E-state index contributed by atoms with van der Waals surface area (Å²) in [5, 5.41) is 6.96. The lowest BCUT2D eigenvalue weighted by Gasteiger charge is -2.07. The van der Waals surface area contributed by atoms with Crippen LogP contribution in [-0.4, -0.2) is 20.7 Å². The maximum absolute atomic E-state index is 11.8. The highest BCUT2D eigenvalue weighted by atomic mass is 32.1. The summed E-state index contributed by atoms with van der Waals surface area (Å²) in [7, 11) is 0. The van der Waals surface area contributed by atoms with Gasteiger partial charge in [0.15, 0.2) is 0 Å². The van der Waals surface area contributed by atoms with Gasteiger partial charge in [0.2, 0.25) is 5.91 Å². The third-order valence-corrected chi connectivity index (χ3v) is 3.17. The van der Waals surface area contributed by atoms with Gasteiger partial charge in [0.05, 0.1) is 0 Å². The molecule has 20 heavy (non-hydrogen) atoms. The van der Waals surface area contributed by atoms with Gasteiger partial charge in [-0.25, -0.2) is 0 Å². The summed E-state index contributed by atoms with van der Waals surface area (Å²) >= 11 is 4.87. The lowest BCUT2D eigenvalue weighted by Crippen LogP contribution is -2.16. The number of carbonyl (C=O) groups excluding carboxylic acids is 1. The van der Waals surface area contributed by atoms with Crippen molar-refractivity contribution in [3.8, 4) is 0 Å². The molecule has 0 saturated carbocycles. The lowest BCUT2D eigenvalue weighted by molar-refractivity contribution is -0.116. The zero-order chi connectivity index (χ0) is 14.5. The molecular formula is C14H16N4OS. The zero-order valence-corrected chi connectivity index (χ0v) is 12.0. The molecule has 2 rings (SSSR count). The highest BCUT2D eigenvalue weighted by molar-refractivity contribution is 7.80. The van der Waals surface area contributed by atoms with Crippen molar-refractivity contribution in [2.45, 2.75) is 19.9 Å². The summed E-state index contributed by atoms with van der Waals surface area (Å²) in [6.07, 6.45) is 2.10. The van der Waals surface area contributed by atoms with Gasteiger partial charge in [-0.2, -0.15) is 5.10 Å². The molecule has 0 aliphatic rings. The van der Waals surface area contributed by atoms with Gasteiger partial charge < -0.3 is 11.1 Å². The molecule has 1 heterocycles. The molecular weight excluding hydrogens is 272 g/mol. The number of rotatable bonds is 5. The molecule has 6 heteroatoms. The topological polar surface area (TPSA) is 72.9 Å². The van der Waals surface area contributed by atoms with E-state index in [1.165, 1.54) is 0 Å². The zero-order valence-electron chi connectivity index (χ0n) is 11.2. The van der Waals surface area contributed by atoms with Crippen LogP contribution in [0.3, 0.4) is 0 Å². The number of anilines is 1. The number of carbonyl (C=O) groups is 1. The number of thiocarbonyl (C=S) groups is 1. The van der Waals surface area contributed by atoms with Gasteiger partial charge in [0.25, 0.3) is 0 Å². The maximum Gasteiger partial charge on any atom is 0.226 e. The van der Waals surface area contributed by atoms with Crippen molar-refractivity contribution in [3.63, 3.8) is 0 Å². The monoisotopic (exact) mass is 288 g/mol. The summed E-state index contributed by atoms with van der Waals surface area (Å²) in [6.45, 7) is 2.52. The Hall–Kier alpha value is -2.21. The van der Waals surface area contributed by atoms with Crippen LogP contribution in [0.25, 0.3) is 0 Å². The fourth-order valence-corrected chi connectivity index (χ4v) is 1.92. The number of hydrogen-bond acceptors (Lipinski definition) is 3. The first-order valence-corrected chi connectivity index (χ1v) is 6.65. The van der Waals surface area contributed by atoms with Crippen molar-refractivity contribution in [2.75, 3.05) is 5.32 Å². The van der Waals surface area contributed by atoms with E-state index in [-0.39, 0.29) is 5.91 Å². The third-order valence-electron chi connectivity index (χ3n) is 2.93. The largest absolute Gasteiger partial charge is 0.389 e. The second-order valence-electron chi connectivity index (χ2n) is 4.44. The minimum atomic E-state index is -0.0528. The Morgan fingerprint density at radius 3 is 2.60 bits per heavy atom. The van der Waals surface area contributed by atoms with Gasteiger partial charge in [-0.3, -0.25) is 9.48 Å². The van der Waals surface area contributed by atoms with E-state index in [0.717, 1.165) is 16.9 Å². The molecule has 0 atom stereocenters. The number of aromatic nitrogens is 2. The highest BCUT2D eigenvalue weighted by Crippen LogP contribution is 2.10. The first-order chi connectivity index (χ1) is 9.56. The molecule has 3 N–H and O–H groups in total. The minimum Gasteiger partial charge on any atom is -0.389 e. The van der Waals surface area contributed by atoms with Gasteiger partial charge >= 0.3 is 0 Å². The van der Waals surface area contributed by atoms with Crippen LogP contribution in [0.2, 0.25) is 0 Å². The molecule has 0 bridgehead atoms. The van der Waals surface area contributed by atoms with Crippen molar-refractivity contribution >= 4 is 28.8 Å². The molecule has 0 aliphatic heterocycles. The van der Waals surface area contributed by atoms with E-state index >= 15 is 0 Å². The molecule has 104 valence electrons. The third kappa shape index (κ3) is 3.64. The van der Waals surface area contributed by atoms with Gasteiger partial charge in [0.1, 0.15) is 4.99 Å². The van der Waals surface area contributed by atoms with Crippen molar-refractivity contribution in [1.82, 2.24) is 9.78 Å². The van der Waals surface area contributed by atoms with Crippen molar-refractivity contribution in [3.05, 3.63) is 47.8 Å². The second-order valence-corrected chi connectivity index (χ2v) is 4.88. The summed E-state index contributed by atoms with van der Waals surface area (Å²) in [4.78, 5) is 12.2. The first kappa shape index (κ1) is 14.2. The number of amides is 1. The number of nitrogens with two attached hydrogens (primary N) is 1. The molecule has 0 saturated heterocycles. The average Bonchev–Trinajstić information content (AvgIpc) is 2.82. The van der Waals surface area contributed by atoms with E-state index < -0.39 is 0 Å². The molecule has 5 nitrogen and oxygen atoms in total. The number of aryl methyl sites for hydroxylation is 2. The Morgan fingerprint density at radius 1 is 1.35 bits per heavy atom. The Labute approximate surface area is 122 Å². The standard InChI is InChI=1S/C14H16N4OS/c1-10-6-8-16-18(10)9-7-13(19)17-12-4-2-11(3-5-12)14(15)20/h2-6,8H,7,9H2,1H3,(H2,15,20)(H,17,19). The fourth-order valence-electron chi connectivity index (χ4n) is 1.78. The Bertz CT molecular complexity index is 618. The smallest absolute Gasteiger partial charge is 0.226 e. The molecule has 1 aromatic heterocycles. The van der Waals surface area contributed by atoms with Crippen LogP contribution in [0, 0.1) is 6.92 Å². The minimum absolute atomic E-state index is 0.0528. The molecule has 0 unspecified atom stereocenters. The van der Waals surface area contributed by atoms with E-state index in [1.807, 2.05) is 13.0 Å². The molecule has 2 aromatic rings. The maximum atomic E-state index is 11.8. The number of hydrogen-bond donors (Lipinski definition) is 2. The van der Waals surface area contributed by atoms with Crippen LogP contribution in [0.1, 0.15) is 17.7 Å². The van der Waals surface area contributed by atoms with Crippen LogP contribution >= 0.6 is 12.2 Å². The van der Waals surface area contributed by atoms with Gasteiger partial charge in [-0.15, -0.1) is 0 Å². The number of benzene rings is 1. The molecule has 0 radical (unpaired) electrons. The van der Waals surface area contributed by atoms with Crippen molar-refractivity contribution in [2.24, 2.45) is 5.73 Å². The molecule has 0 aliphatic carbocycles. The van der Waals surface area contributed by atoms with Gasteiger partial charge in [-0.1, -0.05) is 12.2 Å². The summed E-state index contributed by atoms with van der Waals surface area (Å²) in [5.41, 5.74) is 8.07. The first-order valence-electron chi connectivity index (χ1n) is 6.24. The van der Waals surface area contributed by atoms with Crippen molar-refractivity contribution in [1.29, 1.82) is 0 Å². The normalized spacial score (nSPS) is 10.2. The highest BCUT2D eigenvalue weighted by Gasteiger charge is 2.05. The summed E-state index contributed by atoms with van der Waals surface area (Å²) in [6, 6.07) is 9.05. The predicted octanol–water partition coefficient (Wildman–Crippen LogP) is 1.85. The molecule has 0 spiro atoms. The Balaban J connectivity index is 1.88. The van der Waals surface area contributed by atoms with E-state index in [9.17, 15) is 4.79 Å². The van der Waals surface area contributed by atoms with E-state index in [4.69, 9.17) is 18.0 Å². The average molecular weight is 288 g/mol. The van der Waals surface area contributed by atoms with E-state index in [0.29, 0.717) is 18.0 Å². The van der Waals surface area contributed by atoms with Crippen LogP contribution in [0.15, 0.2) is 36.5 Å². The van der Waals surface area contributed by atoms with Crippen molar-refractivity contribution < 1.29 is 4.79 Å². The molecule has 1 amide bonds. The Kier molecular flexibility index (Phi) is 4.47. The molecule has 1 aromatic carbocycles. The van der Waals surface area contributed by atoms with E-state index in [1.54, 1.807) is 35.1 Å². The Morgan fingerprint density at radius 2 is 2.05 bits per heavy atom. The van der Waals surface area contributed by atoms with Crippen LogP contribution in [0.4, 0.5) is 5.69 Å². The van der Waals surface area contributed by atoms with Gasteiger partial charge in [0, 0.05) is 36.1 Å². The van der Waals surface area contributed by atoms with Gasteiger partial charge in [-0.05, 0) is 37.3 Å². The number of nitrogens with one attached hydrogen (secondary N) is 1. The summed E-state index contributed by atoms with van der Waals surface area (Å²) < 4.78 is 1.80.